The standard InChI is InChI=1S/C20H21ClN4O2/c21-14-4-1-3-13(11-14)18-15(12-22)20(23)25(24-7-9-27-10-8-24)16-5-2-6-17(26)19(16)18/h1,3-4,11,18H,2,5-10,23H2/t18-/m0/s1. The molecule has 0 unspecified atom stereocenters. The average Bonchev–Trinajstić information content (AvgIpc) is 2.68. The third-order valence-electron chi connectivity index (χ3n) is 5.34. The molecule has 0 bridgehead atoms. The summed E-state index contributed by atoms with van der Waals surface area (Å²) in [6.45, 7) is 2.54. The molecule has 2 heterocycles. The number of ether oxygens (including phenoxy) is 1. The highest BCUT2D eigenvalue weighted by Crippen LogP contribution is 2.45. The number of benzene rings is 1. The van der Waals surface area contributed by atoms with Gasteiger partial charge in [-0.2, -0.15) is 5.26 Å². The molecule has 4 rings (SSSR count). The van der Waals surface area contributed by atoms with Crippen LogP contribution in [0.5, 0.6) is 0 Å². The number of hydrogen-bond acceptors (Lipinski definition) is 6. The first-order valence-corrected chi connectivity index (χ1v) is 9.53. The van der Waals surface area contributed by atoms with Crippen LogP contribution in [0.1, 0.15) is 30.7 Å². The largest absolute Gasteiger partial charge is 0.383 e. The number of allylic oxidation sites excluding steroid dienone is 3. The number of ketones is 1. The molecular formula is C20H21ClN4O2. The molecule has 0 radical (unpaired) electrons. The number of rotatable bonds is 2. The van der Waals surface area contributed by atoms with E-state index in [-0.39, 0.29) is 5.78 Å². The highest BCUT2D eigenvalue weighted by molar-refractivity contribution is 6.30. The lowest BCUT2D eigenvalue weighted by Crippen LogP contribution is -2.52. The number of nitriles is 1. The van der Waals surface area contributed by atoms with Crippen LogP contribution >= 0.6 is 11.6 Å². The van der Waals surface area contributed by atoms with Gasteiger partial charge in [0.05, 0.1) is 30.8 Å². The fraction of sp³-hybridized carbons (Fsp3) is 0.400. The number of halogens is 1. The van der Waals surface area contributed by atoms with E-state index in [2.05, 4.69) is 11.1 Å². The predicted octanol–water partition coefficient (Wildman–Crippen LogP) is 2.69. The maximum Gasteiger partial charge on any atom is 0.161 e. The Morgan fingerprint density at radius 3 is 2.74 bits per heavy atom. The lowest BCUT2D eigenvalue weighted by molar-refractivity contribution is -0.117. The van der Waals surface area contributed by atoms with Gasteiger partial charge < -0.3 is 10.5 Å². The van der Waals surface area contributed by atoms with Crippen LogP contribution in [0.4, 0.5) is 0 Å². The maximum atomic E-state index is 13.0. The van der Waals surface area contributed by atoms with Crippen molar-refractivity contribution in [3.8, 4) is 6.07 Å². The van der Waals surface area contributed by atoms with Crippen molar-refractivity contribution >= 4 is 17.4 Å². The van der Waals surface area contributed by atoms with E-state index in [1.165, 1.54) is 0 Å². The molecule has 0 spiro atoms. The van der Waals surface area contributed by atoms with Crippen LogP contribution in [-0.4, -0.2) is 42.1 Å². The summed E-state index contributed by atoms with van der Waals surface area (Å²) < 4.78 is 5.45. The molecular weight excluding hydrogens is 364 g/mol. The first-order chi connectivity index (χ1) is 13.1. The number of carbonyl (C=O) groups is 1. The van der Waals surface area contributed by atoms with Crippen LogP contribution in [-0.2, 0) is 9.53 Å². The van der Waals surface area contributed by atoms with Gasteiger partial charge in [0.1, 0.15) is 5.82 Å². The predicted molar refractivity (Wildman–Crippen MR) is 101 cm³/mol. The van der Waals surface area contributed by atoms with Crippen LogP contribution in [0.25, 0.3) is 0 Å². The third kappa shape index (κ3) is 3.12. The summed E-state index contributed by atoms with van der Waals surface area (Å²) >= 11 is 6.19. The summed E-state index contributed by atoms with van der Waals surface area (Å²) in [5.74, 6) is 0.0198. The van der Waals surface area contributed by atoms with E-state index < -0.39 is 5.92 Å². The maximum absolute atomic E-state index is 13.0. The Hall–Kier alpha value is -2.33. The van der Waals surface area contributed by atoms with Gasteiger partial charge in [-0.05, 0) is 30.5 Å². The van der Waals surface area contributed by atoms with Crippen LogP contribution in [0.3, 0.4) is 0 Å². The number of hydrogen-bond donors (Lipinski definition) is 1. The normalized spacial score (nSPS) is 24.1. The van der Waals surface area contributed by atoms with E-state index in [0.717, 1.165) is 24.1 Å². The fourth-order valence-electron chi connectivity index (χ4n) is 4.16. The van der Waals surface area contributed by atoms with Crippen molar-refractivity contribution in [2.45, 2.75) is 25.2 Å². The van der Waals surface area contributed by atoms with Crippen molar-refractivity contribution in [2.75, 3.05) is 26.3 Å². The first kappa shape index (κ1) is 18.1. The van der Waals surface area contributed by atoms with E-state index in [9.17, 15) is 10.1 Å². The molecule has 3 aliphatic rings. The highest BCUT2D eigenvalue weighted by atomic mass is 35.5. The molecule has 0 aromatic heterocycles. The van der Waals surface area contributed by atoms with E-state index >= 15 is 0 Å². The molecule has 7 heteroatoms. The molecule has 1 fully saturated rings. The number of Topliss-reactive ketones (excluding diaryl/α,β-unsaturated/α-hetero) is 1. The van der Waals surface area contributed by atoms with Crippen molar-refractivity contribution < 1.29 is 9.53 Å². The summed E-state index contributed by atoms with van der Waals surface area (Å²) in [4.78, 5) is 13.0. The van der Waals surface area contributed by atoms with Gasteiger partial charge in [0.15, 0.2) is 5.78 Å². The minimum Gasteiger partial charge on any atom is -0.383 e. The molecule has 1 atom stereocenters. The zero-order valence-electron chi connectivity index (χ0n) is 14.9. The number of nitrogens with zero attached hydrogens (tertiary/aromatic N) is 3. The Kier molecular flexibility index (Phi) is 4.92. The van der Waals surface area contributed by atoms with Gasteiger partial charge in [0, 0.05) is 35.8 Å². The number of carbonyl (C=O) groups excluding carboxylic acids is 1. The molecule has 1 aromatic rings. The van der Waals surface area contributed by atoms with Gasteiger partial charge >= 0.3 is 0 Å². The fourth-order valence-corrected chi connectivity index (χ4v) is 4.36. The molecule has 27 heavy (non-hydrogen) atoms. The molecule has 2 N–H and O–H groups in total. The van der Waals surface area contributed by atoms with Crippen LogP contribution in [0.15, 0.2) is 46.9 Å². The summed E-state index contributed by atoms with van der Waals surface area (Å²) in [7, 11) is 0. The Bertz CT molecular complexity index is 880. The molecule has 6 nitrogen and oxygen atoms in total. The van der Waals surface area contributed by atoms with E-state index in [1.54, 1.807) is 6.07 Å². The average molecular weight is 385 g/mol. The minimum atomic E-state index is -0.464. The number of morpholine rings is 1. The van der Waals surface area contributed by atoms with Gasteiger partial charge in [-0.25, -0.2) is 5.01 Å². The second-order valence-corrected chi connectivity index (χ2v) is 7.35. The molecule has 1 aromatic carbocycles. The monoisotopic (exact) mass is 384 g/mol. The summed E-state index contributed by atoms with van der Waals surface area (Å²) in [5, 5.41) is 14.5. The number of hydrazine groups is 1. The van der Waals surface area contributed by atoms with Crippen LogP contribution < -0.4 is 5.73 Å². The number of nitrogens with two attached hydrogens (primary N) is 1. The Morgan fingerprint density at radius 2 is 2.04 bits per heavy atom. The van der Waals surface area contributed by atoms with Crippen molar-refractivity contribution in [2.24, 2.45) is 5.73 Å². The molecule has 1 aliphatic carbocycles. The Labute approximate surface area is 163 Å². The molecule has 0 amide bonds. The van der Waals surface area contributed by atoms with E-state index in [4.69, 9.17) is 22.1 Å². The molecule has 1 saturated heterocycles. The zero-order valence-corrected chi connectivity index (χ0v) is 15.7. The van der Waals surface area contributed by atoms with Gasteiger partial charge in [-0.3, -0.25) is 9.80 Å². The molecule has 140 valence electrons. The topological polar surface area (TPSA) is 82.6 Å². The van der Waals surface area contributed by atoms with Gasteiger partial charge in [0.2, 0.25) is 0 Å². The Balaban J connectivity index is 1.89. The first-order valence-electron chi connectivity index (χ1n) is 9.16. The third-order valence-corrected chi connectivity index (χ3v) is 5.57. The second kappa shape index (κ2) is 7.35. The van der Waals surface area contributed by atoms with Crippen molar-refractivity contribution in [1.82, 2.24) is 10.0 Å². The van der Waals surface area contributed by atoms with E-state index in [0.29, 0.717) is 54.7 Å². The highest BCUT2D eigenvalue weighted by Gasteiger charge is 2.41. The molecule has 0 saturated carbocycles. The van der Waals surface area contributed by atoms with Crippen molar-refractivity contribution in [1.29, 1.82) is 5.26 Å². The second-order valence-electron chi connectivity index (χ2n) is 6.91. The van der Waals surface area contributed by atoms with Gasteiger partial charge in [0.25, 0.3) is 0 Å². The minimum absolute atomic E-state index is 0.0831. The van der Waals surface area contributed by atoms with E-state index in [1.807, 2.05) is 23.2 Å². The summed E-state index contributed by atoms with van der Waals surface area (Å²) in [5.41, 5.74) is 9.32. The summed E-state index contributed by atoms with van der Waals surface area (Å²) in [6, 6.07) is 9.60. The van der Waals surface area contributed by atoms with Gasteiger partial charge in [-0.15, -0.1) is 0 Å². The van der Waals surface area contributed by atoms with Gasteiger partial charge in [-0.1, -0.05) is 23.7 Å². The smallest absolute Gasteiger partial charge is 0.161 e. The lowest BCUT2D eigenvalue weighted by Gasteiger charge is -2.45. The zero-order chi connectivity index (χ0) is 19.0. The quantitative estimate of drug-likeness (QED) is 0.844. The Morgan fingerprint density at radius 1 is 1.26 bits per heavy atom. The van der Waals surface area contributed by atoms with Crippen molar-refractivity contribution in [3.63, 3.8) is 0 Å². The molecule has 2 aliphatic heterocycles. The lowest BCUT2D eigenvalue weighted by atomic mass is 9.76. The summed E-state index contributed by atoms with van der Waals surface area (Å²) in [6.07, 6.45) is 2.04. The van der Waals surface area contributed by atoms with Crippen molar-refractivity contribution in [3.05, 3.63) is 57.5 Å². The van der Waals surface area contributed by atoms with Crippen LogP contribution in [0, 0.1) is 11.3 Å². The van der Waals surface area contributed by atoms with Crippen LogP contribution in [0.2, 0.25) is 5.02 Å². The SMILES string of the molecule is N#CC1=C(N)N(N2CCOCC2)C2=C(C(=O)CCC2)[C@H]1c1cccc(Cl)c1.